The highest BCUT2D eigenvalue weighted by Crippen LogP contribution is 2.27. The lowest BCUT2D eigenvalue weighted by Gasteiger charge is -2.11. The lowest BCUT2D eigenvalue weighted by Crippen LogP contribution is -2.14. The molecule has 0 radical (unpaired) electrons. The van der Waals surface area contributed by atoms with Gasteiger partial charge in [-0.3, -0.25) is 4.79 Å². The molecule has 6 heteroatoms. The molecular formula is C20H18Cl2N2O2. The molecule has 0 spiro atoms. The Morgan fingerprint density at radius 1 is 1.23 bits per heavy atom. The van der Waals surface area contributed by atoms with Crippen molar-refractivity contribution in [3.8, 4) is 11.8 Å². The quantitative estimate of drug-likeness (QED) is 0.532. The van der Waals surface area contributed by atoms with Crippen molar-refractivity contribution in [3.05, 3.63) is 63.1 Å². The highest BCUT2D eigenvalue weighted by molar-refractivity contribution is 6.32. The highest BCUT2D eigenvalue weighted by atomic mass is 35.5. The van der Waals surface area contributed by atoms with E-state index in [9.17, 15) is 10.1 Å². The van der Waals surface area contributed by atoms with Crippen molar-refractivity contribution < 1.29 is 9.53 Å². The Bertz CT molecular complexity index is 899. The van der Waals surface area contributed by atoms with Gasteiger partial charge in [0.15, 0.2) is 0 Å². The summed E-state index contributed by atoms with van der Waals surface area (Å²) in [6.07, 6.45) is 1.47. The molecule has 0 aliphatic carbocycles. The van der Waals surface area contributed by atoms with E-state index >= 15 is 0 Å². The zero-order valence-electron chi connectivity index (χ0n) is 14.6. The van der Waals surface area contributed by atoms with Crippen LogP contribution in [0, 0.1) is 18.3 Å². The Labute approximate surface area is 163 Å². The van der Waals surface area contributed by atoms with Crippen LogP contribution < -0.4 is 10.1 Å². The summed E-state index contributed by atoms with van der Waals surface area (Å²) in [6, 6.07) is 12.2. The van der Waals surface area contributed by atoms with Crippen LogP contribution in [0.15, 0.2) is 42.0 Å². The maximum Gasteiger partial charge on any atom is 0.266 e. The number of hydrogen-bond donors (Lipinski definition) is 1. The monoisotopic (exact) mass is 388 g/mol. The van der Waals surface area contributed by atoms with E-state index in [1.807, 2.05) is 26.8 Å². The number of carbonyl (C=O) groups is 1. The fraction of sp³-hybridized carbons (Fsp3) is 0.200. The van der Waals surface area contributed by atoms with E-state index in [0.717, 1.165) is 5.56 Å². The summed E-state index contributed by atoms with van der Waals surface area (Å²) >= 11 is 12.1. The van der Waals surface area contributed by atoms with Crippen LogP contribution in [-0.4, -0.2) is 12.0 Å². The molecule has 26 heavy (non-hydrogen) atoms. The third-order valence-electron chi connectivity index (χ3n) is 3.44. The first-order valence-corrected chi connectivity index (χ1v) is 8.71. The number of halogens is 2. The van der Waals surface area contributed by atoms with Crippen molar-refractivity contribution in [1.29, 1.82) is 5.26 Å². The Hall–Kier alpha value is -2.48. The van der Waals surface area contributed by atoms with Gasteiger partial charge in [0.25, 0.3) is 5.91 Å². The van der Waals surface area contributed by atoms with Crippen molar-refractivity contribution >= 4 is 40.9 Å². The average molecular weight is 389 g/mol. The Kier molecular flexibility index (Phi) is 6.68. The summed E-state index contributed by atoms with van der Waals surface area (Å²) in [7, 11) is 0. The van der Waals surface area contributed by atoms with Gasteiger partial charge in [-0.05, 0) is 62.2 Å². The third kappa shape index (κ3) is 5.26. The van der Waals surface area contributed by atoms with Crippen LogP contribution in [0.3, 0.4) is 0 Å². The van der Waals surface area contributed by atoms with Crippen LogP contribution in [0.25, 0.3) is 6.08 Å². The van der Waals surface area contributed by atoms with Crippen LogP contribution in [0.1, 0.15) is 25.0 Å². The normalized spacial score (nSPS) is 11.2. The molecule has 134 valence electrons. The van der Waals surface area contributed by atoms with E-state index < -0.39 is 5.91 Å². The van der Waals surface area contributed by atoms with Crippen LogP contribution >= 0.6 is 23.2 Å². The molecule has 0 unspecified atom stereocenters. The van der Waals surface area contributed by atoms with Gasteiger partial charge in [0.1, 0.15) is 17.4 Å². The molecule has 2 aromatic rings. The van der Waals surface area contributed by atoms with Gasteiger partial charge in [0.2, 0.25) is 0 Å². The zero-order valence-corrected chi connectivity index (χ0v) is 16.2. The molecule has 0 saturated heterocycles. The summed E-state index contributed by atoms with van der Waals surface area (Å²) in [5, 5.41) is 13.0. The predicted octanol–water partition coefficient (Wildman–Crippen LogP) is 5.63. The van der Waals surface area contributed by atoms with Crippen molar-refractivity contribution in [1.82, 2.24) is 0 Å². The van der Waals surface area contributed by atoms with E-state index in [2.05, 4.69) is 5.32 Å². The fourth-order valence-electron chi connectivity index (χ4n) is 2.19. The molecule has 0 heterocycles. The molecule has 2 rings (SSSR count). The minimum Gasteiger partial charge on any atom is -0.489 e. The SMILES string of the molecule is Cc1ccc(Cl)cc1NC(=O)/C(C#N)=C/c1ccc(OC(C)C)c(Cl)c1. The number of amides is 1. The molecular weight excluding hydrogens is 371 g/mol. The molecule has 0 saturated carbocycles. The lowest BCUT2D eigenvalue weighted by atomic mass is 10.1. The molecule has 0 aliphatic heterocycles. The molecule has 0 fully saturated rings. The van der Waals surface area contributed by atoms with E-state index in [0.29, 0.717) is 27.0 Å². The fourth-order valence-corrected chi connectivity index (χ4v) is 2.60. The van der Waals surface area contributed by atoms with Crippen molar-refractivity contribution in [2.45, 2.75) is 26.9 Å². The van der Waals surface area contributed by atoms with E-state index in [-0.39, 0.29) is 11.7 Å². The number of nitrogens with one attached hydrogen (secondary N) is 1. The topological polar surface area (TPSA) is 62.1 Å². The van der Waals surface area contributed by atoms with Gasteiger partial charge in [-0.25, -0.2) is 0 Å². The average Bonchev–Trinajstić information content (AvgIpc) is 2.57. The number of anilines is 1. The zero-order chi connectivity index (χ0) is 19.3. The Morgan fingerprint density at radius 2 is 1.96 bits per heavy atom. The standard InChI is InChI=1S/C20H18Cl2N2O2/c1-12(2)26-19-7-5-14(9-17(19)22)8-15(11-23)20(25)24-18-10-16(21)6-4-13(18)3/h4-10,12H,1-3H3,(H,24,25)/b15-8+. The van der Waals surface area contributed by atoms with Gasteiger partial charge in [-0.1, -0.05) is 35.3 Å². The number of rotatable bonds is 5. The van der Waals surface area contributed by atoms with Crippen LogP contribution in [0.4, 0.5) is 5.69 Å². The summed E-state index contributed by atoms with van der Waals surface area (Å²) in [5.41, 5.74) is 1.99. The molecule has 4 nitrogen and oxygen atoms in total. The number of hydrogen-bond acceptors (Lipinski definition) is 3. The number of aryl methyl sites for hydroxylation is 1. The Morgan fingerprint density at radius 3 is 2.58 bits per heavy atom. The van der Waals surface area contributed by atoms with Gasteiger partial charge in [0.05, 0.1) is 11.1 Å². The predicted molar refractivity (Wildman–Crippen MR) is 106 cm³/mol. The minimum absolute atomic E-state index is 0.00437. The molecule has 0 aliphatic rings. The highest BCUT2D eigenvalue weighted by Gasteiger charge is 2.12. The first-order chi connectivity index (χ1) is 12.3. The summed E-state index contributed by atoms with van der Waals surface area (Å²) in [5.74, 6) is 0.0350. The summed E-state index contributed by atoms with van der Waals surface area (Å²) in [6.45, 7) is 5.65. The molecule has 0 atom stereocenters. The second-order valence-electron chi connectivity index (χ2n) is 5.94. The molecule has 2 aromatic carbocycles. The number of benzene rings is 2. The molecule has 1 N–H and O–H groups in total. The van der Waals surface area contributed by atoms with Crippen molar-refractivity contribution in [3.63, 3.8) is 0 Å². The number of nitrogens with zero attached hydrogens (tertiary/aromatic N) is 1. The first kappa shape index (κ1) is 19.8. The minimum atomic E-state index is -0.517. The van der Waals surface area contributed by atoms with Crippen LogP contribution in [0.2, 0.25) is 10.0 Å². The maximum absolute atomic E-state index is 12.4. The maximum atomic E-state index is 12.4. The van der Waals surface area contributed by atoms with E-state index in [1.54, 1.807) is 36.4 Å². The summed E-state index contributed by atoms with van der Waals surface area (Å²) in [4.78, 5) is 12.4. The molecule has 0 aromatic heterocycles. The van der Waals surface area contributed by atoms with Gasteiger partial charge >= 0.3 is 0 Å². The van der Waals surface area contributed by atoms with Gasteiger partial charge in [0, 0.05) is 10.7 Å². The lowest BCUT2D eigenvalue weighted by molar-refractivity contribution is -0.112. The van der Waals surface area contributed by atoms with Gasteiger partial charge in [-0.2, -0.15) is 5.26 Å². The number of nitriles is 1. The third-order valence-corrected chi connectivity index (χ3v) is 3.97. The van der Waals surface area contributed by atoms with Gasteiger partial charge < -0.3 is 10.1 Å². The molecule has 1 amide bonds. The number of carbonyl (C=O) groups excluding carboxylic acids is 1. The first-order valence-electron chi connectivity index (χ1n) is 7.95. The Balaban J connectivity index is 2.24. The number of ether oxygens (including phenoxy) is 1. The summed E-state index contributed by atoms with van der Waals surface area (Å²) < 4.78 is 5.57. The van der Waals surface area contributed by atoms with Crippen molar-refractivity contribution in [2.24, 2.45) is 0 Å². The second-order valence-corrected chi connectivity index (χ2v) is 6.78. The largest absolute Gasteiger partial charge is 0.489 e. The molecule has 0 bridgehead atoms. The second kappa shape index (κ2) is 8.75. The van der Waals surface area contributed by atoms with Crippen LogP contribution in [-0.2, 0) is 4.79 Å². The van der Waals surface area contributed by atoms with Crippen LogP contribution in [0.5, 0.6) is 5.75 Å². The smallest absolute Gasteiger partial charge is 0.266 e. The van der Waals surface area contributed by atoms with Crippen molar-refractivity contribution in [2.75, 3.05) is 5.32 Å². The van der Waals surface area contributed by atoms with E-state index in [4.69, 9.17) is 27.9 Å². The van der Waals surface area contributed by atoms with Gasteiger partial charge in [-0.15, -0.1) is 0 Å². The van der Waals surface area contributed by atoms with E-state index in [1.165, 1.54) is 6.08 Å².